The van der Waals surface area contributed by atoms with Crippen molar-refractivity contribution in [2.24, 2.45) is 0 Å². The van der Waals surface area contributed by atoms with Gasteiger partial charge in [0.2, 0.25) is 11.9 Å². The lowest BCUT2D eigenvalue weighted by atomic mass is 9.93. The third-order valence-electron chi connectivity index (χ3n) is 7.27. The lowest BCUT2D eigenvalue weighted by Gasteiger charge is -2.30. The quantitative estimate of drug-likeness (QED) is 0.445. The van der Waals surface area contributed by atoms with Gasteiger partial charge < -0.3 is 25.2 Å². The molecule has 3 N–H and O–H groups in total. The van der Waals surface area contributed by atoms with Gasteiger partial charge in [-0.3, -0.25) is 9.69 Å². The van der Waals surface area contributed by atoms with Crippen LogP contribution in [-0.2, 0) is 11.3 Å². The molecule has 3 heterocycles. The Balaban J connectivity index is 1.53. The van der Waals surface area contributed by atoms with Crippen molar-refractivity contribution >= 4 is 28.8 Å². The maximum atomic E-state index is 12.1. The van der Waals surface area contributed by atoms with Gasteiger partial charge in [0.25, 0.3) is 0 Å². The molecule has 2 fully saturated rings. The first kappa shape index (κ1) is 25.6. The van der Waals surface area contributed by atoms with Crippen molar-refractivity contribution in [2.45, 2.75) is 97.0 Å². The van der Waals surface area contributed by atoms with Gasteiger partial charge in [0, 0.05) is 57.3 Å². The number of aromatic nitrogens is 4. The van der Waals surface area contributed by atoms with Gasteiger partial charge in [-0.25, -0.2) is 4.98 Å². The van der Waals surface area contributed by atoms with Crippen LogP contribution in [0.1, 0.15) is 66.2 Å². The van der Waals surface area contributed by atoms with E-state index >= 15 is 0 Å². The van der Waals surface area contributed by atoms with Gasteiger partial charge in [-0.2, -0.15) is 9.97 Å². The zero-order valence-corrected chi connectivity index (χ0v) is 21.7. The number of aliphatic hydroxyl groups excluding tert-OH is 1. The van der Waals surface area contributed by atoms with E-state index in [2.05, 4.69) is 48.2 Å². The maximum absolute atomic E-state index is 12.1. The summed E-state index contributed by atoms with van der Waals surface area (Å²) in [5.74, 6) is 1.55. The molecule has 0 aromatic carbocycles. The van der Waals surface area contributed by atoms with Crippen LogP contribution in [0.2, 0.25) is 0 Å². The van der Waals surface area contributed by atoms with Crippen molar-refractivity contribution in [3.63, 3.8) is 0 Å². The highest BCUT2D eigenvalue weighted by Crippen LogP contribution is 2.25. The molecule has 194 valence electrons. The van der Waals surface area contributed by atoms with Crippen LogP contribution >= 0.6 is 0 Å². The number of hydrogen-bond acceptors (Lipinski definition) is 8. The second-order valence-electron chi connectivity index (χ2n) is 10.5. The fourth-order valence-electron chi connectivity index (χ4n) is 5.28. The van der Waals surface area contributed by atoms with Crippen LogP contribution in [0.15, 0.2) is 6.33 Å². The van der Waals surface area contributed by atoms with Crippen molar-refractivity contribution in [3.05, 3.63) is 6.33 Å². The maximum Gasteiger partial charge on any atom is 0.227 e. The molecule has 35 heavy (non-hydrogen) atoms. The van der Waals surface area contributed by atoms with E-state index in [1.807, 2.05) is 9.47 Å². The van der Waals surface area contributed by atoms with Gasteiger partial charge in [0.05, 0.1) is 12.4 Å². The molecule has 1 saturated heterocycles. The van der Waals surface area contributed by atoms with Gasteiger partial charge in [-0.1, -0.05) is 0 Å². The zero-order valence-electron chi connectivity index (χ0n) is 21.7. The summed E-state index contributed by atoms with van der Waals surface area (Å²) in [5.41, 5.74) is 1.53. The Morgan fingerprint density at radius 1 is 1.11 bits per heavy atom. The van der Waals surface area contributed by atoms with Crippen molar-refractivity contribution < 1.29 is 9.90 Å². The van der Waals surface area contributed by atoms with E-state index in [4.69, 9.17) is 9.97 Å². The molecule has 1 amide bonds. The van der Waals surface area contributed by atoms with Gasteiger partial charge in [-0.15, -0.1) is 0 Å². The fourth-order valence-corrected chi connectivity index (χ4v) is 5.28. The van der Waals surface area contributed by atoms with Crippen molar-refractivity contribution in [3.8, 4) is 0 Å². The van der Waals surface area contributed by atoms with E-state index in [-0.39, 0.29) is 18.1 Å². The summed E-state index contributed by atoms with van der Waals surface area (Å²) < 4.78 is 2.03. The van der Waals surface area contributed by atoms with E-state index in [0.717, 1.165) is 68.7 Å². The first-order valence-corrected chi connectivity index (χ1v) is 13.3. The molecule has 0 atom stereocenters. The van der Waals surface area contributed by atoms with E-state index in [9.17, 15) is 9.90 Å². The molecule has 1 aliphatic heterocycles. The van der Waals surface area contributed by atoms with E-state index in [1.165, 1.54) is 0 Å². The molecule has 0 radical (unpaired) electrons. The molecule has 0 spiro atoms. The SMILES string of the molecule is CC(C)N(CCNc1nc(NC2CCC(O)CC2)nc2c1ncn2CCN1CCCC1=O)C(C)C. The van der Waals surface area contributed by atoms with Crippen LogP contribution in [0, 0.1) is 0 Å². The van der Waals surface area contributed by atoms with Gasteiger partial charge in [0.1, 0.15) is 0 Å². The number of rotatable bonds is 11. The Morgan fingerprint density at radius 2 is 1.86 bits per heavy atom. The minimum atomic E-state index is -0.201. The summed E-state index contributed by atoms with van der Waals surface area (Å²) in [6.07, 6.45) is 6.59. The summed E-state index contributed by atoms with van der Waals surface area (Å²) in [4.78, 5) is 30.7. The highest BCUT2D eigenvalue weighted by molar-refractivity contribution is 5.84. The molecule has 10 nitrogen and oxygen atoms in total. The Hall–Kier alpha value is -2.46. The molecule has 0 bridgehead atoms. The molecular weight excluding hydrogens is 444 g/mol. The predicted molar refractivity (Wildman–Crippen MR) is 138 cm³/mol. The average Bonchev–Trinajstić information content (AvgIpc) is 3.42. The Morgan fingerprint density at radius 3 is 2.51 bits per heavy atom. The summed E-state index contributed by atoms with van der Waals surface area (Å²) >= 11 is 0. The molecule has 2 aromatic heterocycles. The predicted octanol–water partition coefficient (Wildman–Crippen LogP) is 2.69. The molecule has 10 heteroatoms. The summed E-state index contributed by atoms with van der Waals surface area (Å²) in [6, 6.07) is 1.18. The number of carbonyl (C=O) groups excluding carboxylic acids is 1. The van der Waals surface area contributed by atoms with Gasteiger partial charge in [-0.05, 0) is 59.8 Å². The van der Waals surface area contributed by atoms with E-state index < -0.39 is 0 Å². The zero-order chi connectivity index (χ0) is 24.9. The van der Waals surface area contributed by atoms with Crippen LogP contribution < -0.4 is 10.6 Å². The molecule has 1 aliphatic carbocycles. The van der Waals surface area contributed by atoms with Gasteiger partial charge >= 0.3 is 0 Å². The van der Waals surface area contributed by atoms with Crippen molar-refractivity contribution in [1.82, 2.24) is 29.3 Å². The first-order valence-electron chi connectivity index (χ1n) is 13.3. The van der Waals surface area contributed by atoms with Crippen LogP contribution in [0.3, 0.4) is 0 Å². The number of anilines is 2. The summed E-state index contributed by atoms with van der Waals surface area (Å²) in [7, 11) is 0. The van der Waals surface area contributed by atoms with Crippen LogP contribution in [0.25, 0.3) is 11.2 Å². The minimum absolute atomic E-state index is 0.201. The highest BCUT2D eigenvalue weighted by atomic mass is 16.3. The number of fused-ring (bicyclic) bond motifs is 1. The molecule has 1 saturated carbocycles. The number of amides is 1. The first-order chi connectivity index (χ1) is 16.8. The topological polar surface area (TPSA) is 111 Å². The third kappa shape index (κ3) is 6.41. The fraction of sp³-hybridized carbons (Fsp3) is 0.760. The number of likely N-dealkylation sites (tertiary alicyclic amines) is 1. The van der Waals surface area contributed by atoms with E-state index in [0.29, 0.717) is 37.5 Å². The normalized spacial score (nSPS) is 21.1. The highest BCUT2D eigenvalue weighted by Gasteiger charge is 2.23. The van der Waals surface area contributed by atoms with Crippen molar-refractivity contribution in [2.75, 3.05) is 36.8 Å². The number of hydrogen-bond donors (Lipinski definition) is 3. The Kier molecular flexibility index (Phi) is 8.43. The third-order valence-corrected chi connectivity index (χ3v) is 7.27. The number of nitrogens with zero attached hydrogens (tertiary/aromatic N) is 6. The molecule has 0 unspecified atom stereocenters. The summed E-state index contributed by atoms with van der Waals surface area (Å²) in [6.45, 7) is 12.7. The smallest absolute Gasteiger partial charge is 0.227 e. The minimum Gasteiger partial charge on any atom is -0.393 e. The molecule has 2 aliphatic rings. The van der Waals surface area contributed by atoms with Crippen LogP contribution in [0.5, 0.6) is 0 Å². The monoisotopic (exact) mass is 486 g/mol. The Labute approximate surface area is 208 Å². The van der Waals surface area contributed by atoms with Gasteiger partial charge in [0.15, 0.2) is 17.0 Å². The number of imidazole rings is 1. The second kappa shape index (κ2) is 11.5. The number of aliphatic hydroxyl groups is 1. The number of carbonyl (C=O) groups is 1. The Bertz CT molecular complexity index is 975. The summed E-state index contributed by atoms with van der Waals surface area (Å²) in [5, 5.41) is 16.9. The van der Waals surface area contributed by atoms with Crippen LogP contribution in [-0.4, -0.2) is 90.7 Å². The lowest BCUT2D eigenvalue weighted by Crippen LogP contribution is -2.40. The largest absolute Gasteiger partial charge is 0.393 e. The second-order valence-corrected chi connectivity index (χ2v) is 10.5. The van der Waals surface area contributed by atoms with Crippen LogP contribution in [0.4, 0.5) is 11.8 Å². The van der Waals surface area contributed by atoms with Crippen molar-refractivity contribution in [1.29, 1.82) is 0 Å². The standard InChI is InChI=1S/C25H42N8O2/c1-17(2)33(18(3)4)13-11-26-23-22-24(30-25(29-23)28-19-7-9-20(34)10-8-19)32(16-27-22)15-14-31-12-5-6-21(31)35/h16-20,34H,5-15H2,1-4H3,(H2,26,28,29,30). The lowest BCUT2D eigenvalue weighted by molar-refractivity contribution is -0.127. The molecule has 2 aromatic rings. The van der Waals surface area contributed by atoms with E-state index in [1.54, 1.807) is 6.33 Å². The molecule has 4 rings (SSSR count). The molecular formula is C25H42N8O2. The number of nitrogens with one attached hydrogen (secondary N) is 2. The average molecular weight is 487 g/mol.